The molecule has 0 radical (unpaired) electrons. The molecule has 1 nitrogen and oxygen atoms in total. The molecule has 0 saturated heterocycles. The van der Waals surface area contributed by atoms with Crippen molar-refractivity contribution >= 4 is 49.4 Å². The van der Waals surface area contributed by atoms with Gasteiger partial charge in [0, 0.05) is 22.7 Å². The van der Waals surface area contributed by atoms with Crippen LogP contribution in [0.25, 0.3) is 76.8 Å². The third-order valence-electron chi connectivity index (χ3n) is 16.4. The van der Waals surface area contributed by atoms with Crippen LogP contribution in [0, 0.1) is 27.7 Å². The van der Waals surface area contributed by atoms with Crippen molar-refractivity contribution in [1.29, 1.82) is 0 Å². The summed E-state index contributed by atoms with van der Waals surface area (Å²) in [7, 11) is 0. The average Bonchev–Trinajstić information content (AvgIpc) is 3.64. The van der Waals surface area contributed by atoms with E-state index in [2.05, 4.69) is 303 Å². The zero-order valence-corrected chi connectivity index (χ0v) is 46.3. The van der Waals surface area contributed by atoms with E-state index >= 15 is 0 Å². The third kappa shape index (κ3) is 9.60. The summed E-state index contributed by atoms with van der Waals surface area (Å²) in [6.07, 6.45) is 0. The monoisotopic (exact) mass is 1010 g/mol. The van der Waals surface area contributed by atoms with Crippen LogP contribution in [0.15, 0.2) is 243 Å². The Morgan fingerprint density at radius 3 is 1.09 bits per heavy atom. The van der Waals surface area contributed by atoms with Crippen molar-refractivity contribution in [3.63, 3.8) is 0 Å². The number of nitrogens with zero attached hydrogens (tertiary/aromatic N) is 1. The maximum absolute atomic E-state index is 2.52. The highest BCUT2D eigenvalue weighted by atomic mass is 15.1. The molecule has 0 heterocycles. The van der Waals surface area contributed by atoms with Gasteiger partial charge in [0.15, 0.2) is 0 Å². The highest BCUT2D eigenvalue weighted by Gasteiger charge is 2.25. The topological polar surface area (TPSA) is 3.24 Å². The molecule has 1 heteroatoms. The lowest BCUT2D eigenvalue weighted by Crippen LogP contribution is -2.12. The van der Waals surface area contributed by atoms with E-state index in [1.807, 2.05) is 0 Å². The zero-order chi connectivity index (χ0) is 53.6. The Hall–Kier alpha value is -8.78. The predicted molar refractivity (Wildman–Crippen MR) is 336 cm³/mol. The second kappa shape index (κ2) is 21.0. The van der Waals surface area contributed by atoms with Gasteiger partial charge in [-0.1, -0.05) is 251 Å². The van der Waals surface area contributed by atoms with E-state index in [1.165, 1.54) is 127 Å². The minimum Gasteiger partial charge on any atom is -0.310 e. The van der Waals surface area contributed by atoms with Crippen molar-refractivity contribution in [2.24, 2.45) is 0 Å². The molecule has 0 aliphatic carbocycles. The normalized spacial score (nSPS) is 12.0. The summed E-state index contributed by atoms with van der Waals surface area (Å²) in [5.74, 6) is 1.02. The molecule has 0 aromatic heterocycles. The van der Waals surface area contributed by atoms with Crippen LogP contribution in [0.3, 0.4) is 0 Å². The van der Waals surface area contributed by atoms with Crippen LogP contribution in [0.1, 0.15) is 95.5 Å². The second-order valence-corrected chi connectivity index (χ2v) is 22.3. The van der Waals surface area contributed by atoms with Gasteiger partial charge in [0.05, 0.1) is 5.69 Å². The van der Waals surface area contributed by atoms with Gasteiger partial charge in [-0.05, 0) is 180 Å². The van der Waals surface area contributed by atoms with E-state index in [1.54, 1.807) is 0 Å². The van der Waals surface area contributed by atoms with E-state index in [0.717, 1.165) is 17.1 Å². The van der Waals surface area contributed by atoms with Gasteiger partial charge in [-0.2, -0.15) is 0 Å². The van der Waals surface area contributed by atoms with Crippen LogP contribution < -0.4 is 4.90 Å². The van der Waals surface area contributed by atoms with Gasteiger partial charge in [0.1, 0.15) is 0 Å². The maximum Gasteiger partial charge on any atom is 0.0546 e. The number of hydrogen-bond donors (Lipinski definition) is 0. The van der Waals surface area contributed by atoms with E-state index in [-0.39, 0.29) is 5.92 Å². The molecule has 0 saturated carbocycles. The van der Waals surface area contributed by atoms with Crippen molar-refractivity contribution in [3.8, 4) is 44.5 Å². The first kappa shape index (κ1) is 50.1. The molecule has 0 amide bonds. The molecule has 380 valence electrons. The lowest BCUT2D eigenvalue weighted by molar-refractivity contribution is 0.867. The van der Waals surface area contributed by atoms with E-state index < -0.39 is 0 Å². The molecular formula is C77H67N. The summed E-state index contributed by atoms with van der Waals surface area (Å²) in [6, 6.07) is 91.6. The third-order valence-corrected chi connectivity index (χ3v) is 16.4. The average molecular weight is 1010 g/mol. The van der Waals surface area contributed by atoms with Gasteiger partial charge in [-0.25, -0.2) is 0 Å². The summed E-state index contributed by atoms with van der Waals surface area (Å²) >= 11 is 0. The quantitative estimate of drug-likeness (QED) is 0.0871. The van der Waals surface area contributed by atoms with Crippen molar-refractivity contribution < 1.29 is 0 Å². The number of benzene rings is 12. The summed E-state index contributed by atoms with van der Waals surface area (Å²) in [6.45, 7) is 17.9. The lowest BCUT2D eigenvalue weighted by atomic mass is 9.79. The first-order valence-corrected chi connectivity index (χ1v) is 27.9. The Bertz CT molecular complexity index is 3850. The molecule has 12 rings (SSSR count). The number of fused-ring (bicyclic) bond motifs is 5. The van der Waals surface area contributed by atoms with Gasteiger partial charge < -0.3 is 4.90 Å². The number of rotatable bonds is 12. The van der Waals surface area contributed by atoms with Crippen LogP contribution in [0.2, 0.25) is 0 Å². The molecule has 0 N–H and O–H groups in total. The second-order valence-electron chi connectivity index (χ2n) is 22.3. The number of aryl methyl sites for hydroxylation is 4. The molecule has 0 fully saturated rings. The smallest absolute Gasteiger partial charge is 0.0546 e. The van der Waals surface area contributed by atoms with Gasteiger partial charge in [0.25, 0.3) is 0 Å². The van der Waals surface area contributed by atoms with E-state index in [4.69, 9.17) is 0 Å². The fraction of sp³-hybridized carbons (Fsp3) is 0.143. The number of hydrogen-bond acceptors (Lipinski definition) is 1. The van der Waals surface area contributed by atoms with Gasteiger partial charge in [-0.3, -0.25) is 0 Å². The Kier molecular flexibility index (Phi) is 13.5. The summed E-state index contributed by atoms with van der Waals surface area (Å²) in [4.78, 5) is 2.49. The van der Waals surface area contributed by atoms with Gasteiger partial charge >= 0.3 is 0 Å². The fourth-order valence-corrected chi connectivity index (χ4v) is 12.0. The molecule has 78 heavy (non-hydrogen) atoms. The Morgan fingerprint density at radius 1 is 0.269 bits per heavy atom. The first-order valence-electron chi connectivity index (χ1n) is 27.9. The Labute approximate surface area is 462 Å². The molecule has 0 aliphatic heterocycles. The van der Waals surface area contributed by atoms with Crippen LogP contribution in [0.5, 0.6) is 0 Å². The van der Waals surface area contributed by atoms with Crippen molar-refractivity contribution in [2.45, 2.75) is 73.1 Å². The van der Waals surface area contributed by atoms with Gasteiger partial charge in [-0.15, -0.1) is 0 Å². The zero-order valence-electron chi connectivity index (χ0n) is 46.3. The summed E-state index contributed by atoms with van der Waals surface area (Å²) < 4.78 is 0. The molecule has 1 atom stereocenters. The minimum atomic E-state index is -0.0127. The molecule has 0 bridgehead atoms. The van der Waals surface area contributed by atoms with Crippen molar-refractivity contribution in [1.82, 2.24) is 0 Å². The molecule has 1 unspecified atom stereocenters. The highest BCUT2D eigenvalue weighted by Crippen LogP contribution is 2.48. The molecule has 0 spiro atoms. The summed E-state index contributed by atoms with van der Waals surface area (Å²) in [5.41, 5.74) is 24.9. The van der Waals surface area contributed by atoms with Crippen molar-refractivity contribution in [2.75, 3.05) is 4.90 Å². The van der Waals surface area contributed by atoms with Crippen LogP contribution in [0.4, 0.5) is 17.1 Å². The van der Waals surface area contributed by atoms with Crippen LogP contribution >= 0.6 is 0 Å². The first-order chi connectivity index (χ1) is 37.9. The van der Waals surface area contributed by atoms with E-state index in [0.29, 0.717) is 11.8 Å². The van der Waals surface area contributed by atoms with Gasteiger partial charge in [0.2, 0.25) is 0 Å². The fourth-order valence-electron chi connectivity index (χ4n) is 12.0. The van der Waals surface area contributed by atoms with Crippen LogP contribution in [-0.4, -0.2) is 0 Å². The SMILES string of the molecule is Cc1ccc(C(c2ccc(-c3ccc(-c4ccc(C(C)C)cc4)cc3)cc2)c2cc3c4ccccc4c(N(c4ccc(-c5ccc(-c6ccc(C(C)C)cc6)cc5)cc4)c4ccc(C)cc4C)cc3c3ccccc23)c(C)c1. The van der Waals surface area contributed by atoms with E-state index in [9.17, 15) is 0 Å². The lowest BCUT2D eigenvalue weighted by Gasteiger charge is -2.30. The maximum atomic E-state index is 2.52. The molecule has 12 aromatic carbocycles. The van der Waals surface area contributed by atoms with Crippen molar-refractivity contribution in [3.05, 3.63) is 293 Å². The predicted octanol–water partition coefficient (Wildman–Crippen LogP) is 21.9. The standard InChI is InChI=1S/C77H67N/c1-49(2)55-19-23-57(24-20-55)59-27-29-61(30-28-59)63-35-37-65(38-36-63)77(67-43-17-51(5)45-53(67)7)74-47-72-70-15-11-12-16-71(70)76(48-73(72)68-13-9-10-14-69(68)74)78(75-44-18-52(6)46-54(75)8)66-41-39-64(40-42-66)62-33-31-60(32-34-62)58-25-21-56(22-26-58)50(3)4/h9-50,77H,1-8H3. The largest absolute Gasteiger partial charge is 0.310 e. The highest BCUT2D eigenvalue weighted by molar-refractivity contribution is 6.22. The molecule has 12 aromatic rings. The molecular weight excluding hydrogens is 939 g/mol. The number of anilines is 3. The minimum absolute atomic E-state index is 0.0127. The van der Waals surface area contributed by atoms with Crippen LogP contribution in [-0.2, 0) is 0 Å². The Balaban J connectivity index is 0.965. The summed E-state index contributed by atoms with van der Waals surface area (Å²) in [5, 5.41) is 7.44. The Morgan fingerprint density at radius 2 is 0.641 bits per heavy atom. The molecule has 0 aliphatic rings.